The number of nitrogens with two attached hydrogens (primary N) is 1. The highest BCUT2D eigenvalue weighted by Gasteiger charge is 2.32. The zero-order valence-electron chi connectivity index (χ0n) is 9.46. The number of halogens is 3. The van der Waals surface area contributed by atoms with Gasteiger partial charge in [-0.25, -0.2) is 0 Å². The highest BCUT2D eigenvalue weighted by Crippen LogP contribution is 2.32. The predicted molar refractivity (Wildman–Crippen MR) is 61.9 cm³/mol. The Bertz CT molecular complexity index is 548. The molecule has 0 fully saturated rings. The summed E-state index contributed by atoms with van der Waals surface area (Å²) in [5.74, 6) is 0. The van der Waals surface area contributed by atoms with Crippen molar-refractivity contribution in [3.8, 4) is 0 Å². The number of nitrogens with one attached hydrogen (secondary N) is 1. The summed E-state index contributed by atoms with van der Waals surface area (Å²) < 4.78 is 37.5. The van der Waals surface area contributed by atoms with Crippen LogP contribution in [0.3, 0.4) is 0 Å². The zero-order chi connectivity index (χ0) is 13.3. The Kier molecular flexibility index (Phi) is 3.32. The molecule has 0 saturated heterocycles. The maximum absolute atomic E-state index is 12.5. The third-order valence-electron chi connectivity index (χ3n) is 2.78. The molecule has 0 bridgehead atoms. The minimum atomic E-state index is -4.39. The van der Waals surface area contributed by atoms with Gasteiger partial charge >= 0.3 is 6.18 Å². The second kappa shape index (κ2) is 4.62. The fraction of sp³-hybridized carbons (Fsp3) is 0.333. The third-order valence-corrected chi connectivity index (χ3v) is 2.78. The van der Waals surface area contributed by atoms with Crippen molar-refractivity contribution >= 4 is 10.9 Å². The van der Waals surface area contributed by atoms with Gasteiger partial charge in [0.1, 0.15) is 5.69 Å². The molecular formula is C12H13F3N2O. The van der Waals surface area contributed by atoms with Crippen molar-refractivity contribution in [1.29, 1.82) is 0 Å². The van der Waals surface area contributed by atoms with Crippen LogP contribution in [0.2, 0.25) is 0 Å². The lowest BCUT2D eigenvalue weighted by molar-refractivity contribution is -0.140. The molecule has 1 heterocycles. The molecule has 3 nitrogen and oxygen atoms in total. The van der Waals surface area contributed by atoms with Crippen LogP contribution in [-0.4, -0.2) is 16.6 Å². The standard InChI is InChI=1S/C12H13F3N2O/c13-12(14,15)11-6-8-5-7(10(18)3-4-16)1-2-9(8)17-11/h1-2,5-6,10,17-18H,3-4,16H2. The second-order valence-corrected chi connectivity index (χ2v) is 4.12. The molecule has 0 radical (unpaired) electrons. The summed E-state index contributed by atoms with van der Waals surface area (Å²) in [5, 5.41) is 10.2. The molecule has 1 aromatic heterocycles. The van der Waals surface area contributed by atoms with Crippen LogP contribution in [0.4, 0.5) is 13.2 Å². The maximum Gasteiger partial charge on any atom is 0.431 e. The van der Waals surface area contributed by atoms with Crippen LogP contribution in [0.1, 0.15) is 23.8 Å². The Labute approximate surface area is 101 Å². The van der Waals surface area contributed by atoms with Crippen LogP contribution in [0.15, 0.2) is 24.3 Å². The molecule has 1 aromatic carbocycles. The Balaban J connectivity index is 2.40. The van der Waals surface area contributed by atoms with Crippen molar-refractivity contribution in [1.82, 2.24) is 4.98 Å². The van der Waals surface area contributed by atoms with E-state index in [0.29, 0.717) is 29.4 Å². The lowest BCUT2D eigenvalue weighted by Gasteiger charge is -2.09. The van der Waals surface area contributed by atoms with Gasteiger partial charge in [-0.2, -0.15) is 13.2 Å². The molecule has 2 aromatic rings. The van der Waals surface area contributed by atoms with E-state index in [1.807, 2.05) is 0 Å². The molecule has 0 saturated carbocycles. The lowest BCUT2D eigenvalue weighted by Crippen LogP contribution is -2.06. The zero-order valence-corrected chi connectivity index (χ0v) is 9.46. The molecule has 0 aliphatic heterocycles. The predicted octanol–water partition coefficient (Wildman–Crippen LogP) is 2.57. The Morgan fingerprint density at radius 2 is 2.00 bits per heavy atom. The third kappa shape index (κ3) is 2.49. The quantitative estimate of drug-likeness (QED) is 0.792. The minimum absolute atomic E-state index is 0.320. The van der Waals surface area contributed by atoms with Crippen molar-refractivity contribution in [3.05, 3.63) is 35.5 Å². The molecule has 0 spiro atoms. The van der Waals surface area contributed by atoms with Crippen LogP contribution >= 0.6 is 0 Å². The molecule has 0 amide bonds. The Morgan fingerprint density at radius 1 is 1.28 bits per heavy atom. The van der Waals surface area contributed by atoms with Crippen molar-refractivity contribution < 1.29 is 18.3 Å². The molecule has 6 heteroatoms. The van der Waals surface area contributed by atoms with E-state index in [9.17, 15) is 18.3 Å². The van der Waals surface area contributed by atoms with Gasteiger partial charge in [-0.1, -0.05) is 6.07 Å². The highest BCUT2D eigenvalue weighted by molar-refractivity contribution is 5.81. The molecule has 0 aliphatic rings. The topological polar surface area (TPSA) is 62.0 Å². The minimum Gasteiger partial charge on any atom is -0.388 e. The number of H-pyrrole nitrogens is 1. The van der Waals surface area contributed by atoms with Gasteiger partial charge in [0, 0.05) is 10.9 Å². The van der Waals surface area contributed by atoms with Crippen LogP contribution in [-0.2, 0) is 6.18 Å². The number of rotatable bonds is 3. The van der Waals surface area contributed by atoms with E-state index in [1.165, 1.54) is 6.07 Å². The SMILES string of the molecule is NCCC(O)c1ccc2[nH]c(C(F)(F)F)cc2c1. The summed E-state index contributed by atoms with van der Waals surface area (Å²) in [6.45, 7) is 0.320. The fourth-order valence-corrected chi connectivity index (χ4v) is 1.84. The highest BCUT2D eigenvalue weighted by atomic mass is 19.4. The fourth-order valence-electron chi connectivity index (χ4n) is 1.84. The Hall–Kier alpha value is -1.53. The van der Waals surface area contributed by atoms with Crippen molar-refractivity contribution in [2.75, 3.05) is 6.54 Å². The largest absolute Gasteiger partial charge is 0.431 e. The van der Waals surface area contributed by atoms with E-state index in [4.69, 9.17) is 5.73 Å². The first kappa shape index (κ1) is 12.9. The number of aliphatic hydroxyl groups is 1. The van der Waals surface area contributed by atoms with E-state index >= 15 is 0 Å². The summed E-state index contributed by atoms with van der Waals surface area (Å²) in [4.78, 5) is 2.30. The number of benzene rings is 1. The molecule has 1 unspecified atom stereocenters. The van der Waals surface area contributed by atoms with Crippen molar-refractivity contribution in [2.24, 2.45) is 5.73 Å². The molecule has 4 N–H and O–H groups in total. The first-order valence-electron chi connectivity index (χ1n) is 5.50. The number of aromatic amines is 1. The van der Waals surface area contributed by atoms with Gasteiger partial charge in [0.25, 0.3) is 0 Å². The first-order valence-corrected chi connectivity index (χ1v) is 5.50. The molecule has 2 rings (SSSR count). The molecule has 1 atom stereocenters. The lowest BCUT2D eigenvalue weighted by atomic mass is 10.0. The van der Waals surface area contributed by atoms with Gasteiger partial charge in [0.15, 0.2) is 0 Å². The van der Waals surface area contributed by atoms with Gasteiger partial charge in [0.2, 0.25) is 0 Å². The Morgan fingerprint density at radius 3 is 2.61 bits per heavy atom. The van der Waals surface area contributed by atoms with E-state index in [2.05, 4.69) is 4.98 Å². The molecule has 0 aliphatic carbocycles. The number of fused-ring (bicyclic) bond motifs is 1. The van der Waals surface area contributed by atoms with Gasteiger partial charge in [-0.3, -0.25) is 0 Å². The van der Waals surface area contributed by atoms with E-state index in [1.54, 1.807) is 12.1 Å². The van der Waals surface area contributed by atoms with Crippen LogP contribution in [0.5, 0.6) is 0 Å². The average molecular weight is 258 g/mol. The van der Waals surface area contributed by atoms with E-state index < -0.39 is 18.0 Å². The molecular weight excluding hydrogens is 245 g/mol. The number of hydrogen-bond donors (Lipinski definition) is 3. The number of alkyl halides is 3. The van der Waals surface area contributed by atoms with E-state index in [0.717, 1.165) is 6.07 Å². The summed E-state index contributed by atoms with van der Waals surface area (Å²) >= 11 is 0. The monoisotopic (exact) mass is 258 g/mol. The average Bonchev–Trinajstić information content (AvgIpc) is 2.71. The first-order chi connectivity index (χ1) is 8.41. The van der Waals surface area contributed by atoms with Crippen molar-refractivity contribution in [2.45, 2.75) is 18.7 Å². The molecule has 98 valence electrons. The number of aliphatic hydroxyl groups excluding tert-OH is 1. The van der Waals surface area contributed by atoms with Crippen LogP contribution in [0.25, 0.3) is 10.9 Å². The maximum atomic E-state index is 12.5. The summed E-state index contributed by atoms with van der Waals surface area (Å²) in [5.41, 5.74) is 5.50. The van der Waals surface area contributed by atoms with Crippen LogP contribution < -0.4 is 5.73 Å². The molecule has 18 heavy (non-hydrogen) atoms. The van der Waals surface area contributed by atoms with Gasteiger partial charge in [-0.05, 0) is 36.7 Å². The van der Waals surface area contributed by atoms with Crippen molar-refractivity contribution in [3.63, 3.8) is 0 Å². The number of hydrogen-bond acceptors (Lipinski definition) is 2. The van der Waals surface area contributed by atoms with Gasteiger partial charge in [-0.15, -0.1) is 0 Å². The van der Waals surface area contributed by atoms with Gasteiger partial charge < -0.3 is 15.8 Å². The summed E-state index contributed by atoms with van der Waals surface area (Å²) in [6, 6.07) is 5.70. The van der Waals surface area contributed by atoms with E-state index in [-0.39, 0.29) is 0 Å². The van der Waals surface area contributed by atoms with Gasteiger partial charge in [0.05, 0.1) is 6.10 Å². The smallest absolute Gasteiger partial charge is 0.388 e. The number of aromatic nitrogens is 1. The normalized spacial score (nSPS) is 14.1. The summed E-state index contributed by atoms with van der Waals surface area (Å²) in [6.07, 6.45) is -4.76. The van der Waals surface area contributed by atoms with Crippen LogP contribution in [0, 0.1) is 0 Å². The summed E-state index contributed by atoms with van der Waals surface area (Å²) in [7, 11) is 0. The second-order valence-electron chi connectivity index (χ2n) is 4.12.